The number of aromatic nitrogens is 4. The van der Waals surface area contributed by atoms with E-state index in [0.29, 0.717) is 11.0 Å². The van der Waals surface area contributed by atoms with Gasteiger partial charge in [0, 0.05) is 47.1 Å². The van der Waals surface area contributed by atoms with Crippen LogP contribution in [-0.2, 0) is 0 Å². The lowest BCUT2D eigenvalue weighted by Crippen LogP contribution is -1.99. The Labute approximate surface area is 157 Å². The van der Waals surface area contributed by atoms with Crippen molar-refractivity contribution in [1.29, 1.82) is 5.41 Å². The highest BCUT2D eigenvalue weighted by Gasteiger charge is 2.19. The minimum Gasteiger partial charge on any atom is -0.505 e. The van der Waals surface area contributed by atoms with Crippen molar-refractivity contribution in [3.05, 3.63) is 77.9 Å². The van der Waals surface area contributed by atoms with E-state index in [1.54, 1.807) is 30.7 Å². The number of aliphatic hydroxyl groups excluding tert-OH is 1. The molecule has 1 aromatic carbocycles. The van der Waals surface area contributed by atoms with Gasteiger partial charge in [-0.15, -0.1) is 0 Å². The molecule has 0 radical (unpaired) electrons. The molecule has 0 unspecified atom stereocenters. The second kappa shape index (κ2) is 6.99. The number of halogens is 2. The van der Waals surface area contributed by atoms with Crippen LogP contribution < -0.4 is 0 Å². The second-order valence-corrected chi connectivity index (χ2v) is 5.94. The summed E-state index contributed by atoms with van der Waals surface area (Å²) in [6, 6.07) is 8.94. The molecule has 4 aromatic rings. The molecule has 0 saturated carbocycles. The van der Waals surface area contributed by atoms with Crippen molar-refractivity contribution in [2.45, 2.75) is 0 Å². The number of aliphatic hydroxyl groups is 1. The highest BCUT2D eigenvalue weighted by atomic mass is 19.2. The van der Waals surface area contributed by atoms with E-state index in [1.165, 1.54) is 12.1 Å². The molecule has 3 aromatic heterocycles. The Morgan fingerprint density at radius 1 is 1.11 bits per heavy atom. The van der Waals surface area contributed by atoms with E-state index in [-0.39, 0.29) is 16.8 Å². The molecule has 0 amide bonds. The van der Waals surface area contributed by atoms with E-state index in [4.69, 9.17) is 5.41 Å². The summed E-state index contributed by atoms with van der Waals surface area (Å²) >= 11 is 0. The highest BCUT2D eigenvalue weighted by molar-refractivity contribution is 6.18. The molecule has 0 bridgehead atoms. The van der Waals surface area contributed by atoms with E-state index in [0.717, 1.165) is 23.4 Å². The molecule has 6 nitrogen and oxygen atoms in total. The van der Waals surface area contributed by atoms with Gasteiger partial charge >= 0.3 is 0 Å². The molecule has 8 heteroatoms. The van der Waals surface area contributed by atoms with Crippen molar-refractivity contribution in [3.63, 3.8) is 0 Å². The molecular weight excluding hydrogens is 364 g/mol. The summed E-state index contributed by atoms with van der Waals surface area (Å²) in [5.41, 5.74) is 1.60. The third-order valence-corrected chi connectivity index (χ3v) is 4.28. The molecule has 0 saturated heterocycles. The SMILES string of the molecule is N=C/C(=C(\O)c1n[nH]c2ncc(-c3cccnc3)cc12)c1cccc(F)c1F. The lowest BCUT2D eigenvalue weighted by Gasteiger charge is -2.07. The van der Waals surface area contributed by atoms with Crippen LogP contribution in [0.1, 0.15) is 11.3 Å². The molecule has 4 rings (SSSR count). The van der Waals surface area contributed by atoms with Gasteiger partial charge < -0.3 is 10.5 Å². The number of nitrogens with zero attached hydrogens (tertiary/aromatic N) is 3. The van der Waals surface area contributed by atoms with Gasteiger partial charge in [0.25, 0.3) is 0 Å². The maximum Gasteiger partial charge on any atom is 0.166 e. The number of benzene rings is 1. The number of hydrogen-bond acceptors (Lipinski definition) is 5. The van der Waals surface area contributed by atoms with Crippen LogP contribution in [0.2, 0.25) is 0 Å². The third-order valence-electron chi connectivity index (χ3n) is 4.28. The summed E-state index contributed by atoms with van der Waals surface area (Å²) in [6.45, 7) is 0. The van der Waals surface area contributed by atoms with Gasteiger partial charge in [0.05, 0.1) is 5.39 Å². The summed E-state index contributed by atoms with van der Waals surface area (Å²) in [5.74, 6) is -2.69. The van der Waals surface area contributed by atoms with Crippen LogP contribution in [-0.4, -0.2) is 31.5 Å². The zero-order valence-corrected chi connectivity index (χ0v) is 14.3. The largest absolute Gasteiger partial charge is 0.505 e. The van der Waals surface area contributed by atoms with Crippen molar-refractivity contribution in [3.8, 4) is 11.1 Å². The maximum atomic E-state index is 14.2. The quantitative estimate of drug-likeness (QED) is 0.363. The molecule has 138 valence electrons. The summed E-state index contributed by atoms with van der Waals surface area (Å²) in [4.78, 5) is 8.35. The lowest BCUT2D eigenvalue weighted by molar-refractivity contribution is 0.502. The minimum absolute atomic E-state index is 0.0791. The molecule has 28 heavy (non-hydrogen) atoms. The normalized spacial score (nSPS) is 12.1. The van der Waals surface area contributed by atoms with E-state index in [1.807, 2.05) is 6.07 Å². The summed E-state index contributed by atoms with van der Waals surface area (Å²) in [6.07, 6.45) is 5.71. The van der Waals surface area contributed by atoms with Crippen LogP contribution in [0.4, 0.5) is 8.78 Å². The fourth-order valence-electron chi connectivity index (χ4n) is 2.89. The van der Waals surface area contributed by atoms with Gasteiger partial charge in [-0.1, -0.05) is 18.2 Å². The van der Waals surface area contributed by atoms with E-state index >= 15 is 0 Å². The van der Waals surface area contributed by atoms with Crippen molar-refractivity contribution in [2.75, 3.05) is 0 Å². The van der Waals surface area contributed by atoms with Gasteiger partial charge in [0.15, 0.2) is 23.0 Å². The second-order valence-electron chi connectivity index (χ2n) is 5.94. The van der Waals surface area contributed by atoms with Gasteiger partial charge in [0.1, 0.15) is 5.69 Å². The van der Waals surface area contributed by atoms with Gasteiger partial charge in [-0.25, -0.2) is 13.8 Å². The molecule has 0 aliphatic rings. The summed E-state index contributed by atoms with van der Waals surface area (Å²) in [7, 11) is 0. The number of aromatic amines is 1. The predicted octanol–water partition coefficient (Wildman–Crippen LogP) is 4.37. The van der Waals surface area contributed by atoms with Crippen molar-refractivity contribution >= 4 is 28.6 Å². The molecule has 0 fully saturated rings. The molecule has 0 aliphatic carbocycles. The first-order valence-electron chi connectivity index (χ1n) is 8.23. The Bertz CT molecular complexity index is 1220. The van der Waals surface area contributed by atoms with Gasteiger partial charge in [-0.2, -0.15) is 5.10 Å². The highest BCUT2D eigenvalue weighted by Crippen LogP contribution is 2.30. The average Bonchev–Trinajstić information content (AvgIpc) is 3.15. The van der Waals surface area contributed by atoms with Gasteiger partial charge in [-0.3, -0.25) is 10.1 Å². The Hall–Kier alpha value is -3.94. The summed E-state index contributed by atoms with van der Waals surface area (Å²) < 4.78 is 27.8. The Balaban J connectivity index is 1.91. The Morgan fingerprint density at radius 3 is 2.71 bits per heavy atom. The first-order valence-corrected chi connectivity index (χ1v) is 8.23. The van der Waals surface area contributed by atoms with Crippen LogP contribution >= 0.6 is 0 Å². The van der Waals surface area contributed by atoms with Crippen molar-refractivity contribution in [2.24, 2.45) is 0 Å². The molecular formula is C20H13F2N5O. The van der Waals surface area contributed by atoms with Crippen molar-refractivity contribution < 1.29 is 13.9 Å². The average molecular weight is 377 g/mol. The van der Waals surface area contributed by atoms with Crippen LogP contribution in [0.15, 0.2) is 55.0 Å². The number of fused-ring (bicyclic) bond motifs is 1. The van der Waals surface area contributed by atoms with Crippen LogP contribution in [0, 0.1) is 17.0 Å². The number of rotatable bonds is 4. The first-order chi connectivity index (χ1) is 13.6. The topological polar surface area (TPSA) is 98.5 Å². The number of H-pyrrole nitrogens is 1. The van der Waals surface area contributed by atoms with Crippen LogP contribution in [0.5, 0.6) is 0 Å². The fraction of sp³-hybridized carbons (Fsp3) is 0. The smallest absolute Gasteiger partial charge is 0.166 e. The Kier molecular flexibility index (Phi) is 4.36. The fourth-order valence-corrected chi connectivity index (χ4v) is 2.89. The maximum absolute atomic E-state index is 14.2. The standard InChI is InChI=1S/C20H13F2N5O/c21-16-5-1-4-13(17(16)22)15(8-23)19(28)18-14-7-12(10-25-20(14)27-26-18)11-3-2-6-24-9-11/h1-10,23,28H,(H,25,26,27)/b19-15+,23-8?. The van der Waals surface area contributed by atoms with Gasteiger partial charge in [0.2, 0.25) is 0 Å². The van der Waals surface area contributed by atoms with Crippen LogP contribution in [0.25, 0.3) is 33.5 Å². The van der Waals surface area contributed by atoms with Crippen molar-refractivity contribution in [1.82, 2.24) is 20.2 Å². The first kappa shape index (κ1) is 17.5. The number of allylic oxidation sites excluding steroid dienone is 1. The molecule has 0 spiro atoms. The molecule has 3 heterocycles. The predicted molar refractivity (Wildman–Crippen MR) is 102 cm³/mol. The van der Waals surface area contributed by atoms with E-state index in [2.05, 4.69) is 20.2 Å². The van der Waals surface area contributed by atoms with Gasteiger partial charge in [-0.05, 0) is 18.2 Å². The minimum atomic E-state index is -1.15. The zero-order valence-electron chi connectivity index (χ0n) is 14.3. The Morgan fingerprint density at radius 2 is 1.96 bits per heavy atom. The number of pyridine rings is 2. The molecule has 0 atom stereocenters. The molecule has 3 N–H and O–H groups in total. The van der Waals surface area contributed by atoms with E-state index < -0.39 is 17.4 Å². The zero-order chi connectivity index (χ0) is 19.7. The lowest BCUT2D eigenvalue weighted by atomic mass is 10.0. The number of hydrogen-bond donors (Lipinski definition) is 3. The monoisotopic (exact) mass is 377 g/mol. The molecule has 0 aliphatic heterocycles. The number of nitrogens with one attached hydrogen (secondary N) is 2. The van der Waals surface area contributed by atoms with Crippen LogP contribution in [0.3, 0.4) is 0 Å². The summed E-state index contributed by atoms with van der Waals surface area (Å²) in [5, 5.41) is 25.5. The van der Waals surface area contributed by atoms with E-state index in [9.17, 15) is 13.9 Å². The third kappa shape index (κ3) is 2.90.